The minimum atomic E-state index is -0.0348. The van der Waals surface area contributed by atoms with Gasteiger partial charge in [-0.25, -0.2) is 0 Å². The standard InChI is InChI=1S/C19H23N7O2/c1-4-16(27)26-8-12(2)13(9-26)11-28-18-15-5-6-20-17(15)23-19(24-18)22-14-7-21-25(3)10-14/h4-7,10,12-13H,1,8-9,11H2,2-3H3,(H2,20,22,23,24)/t12-,13+/m1/s1. The first kappa shape index (κ1) is 18.0. The summed E-state index contributed by atoms with van der Waals surface area (Å²) in [7, 11) is 1.85. The van der Waals surface area contributed by atoms with Gasteiger partial charge in [-0.3, -0.25) is 9.48 Å². The smallest absolute Gasteiger partial charge is 0.245 e. The van der Waals surface area contributed by atoms with Crippen LogP contribution in [0, 0.1) is 11.8 Å². The van der Waals surface area contributed by atoms with Crippen molar-refractivity contribution in [1.29, 1.82) is 0 Å². The predicted octanol–water partition coefficient (Wildman–Crippen LogP) is 2.09. The Labute approximate surface area is 162 Å². The lowest BCUT2D eigenvalue weighted by molar-refractivity contribution is -0.125. The molecule has 1 fully saturated rings. The molecule has 2 N–H and O–H groups in total. The number of hydrogen-bond acceptors (Lipinski definition) is 6. The van der Waals surface area contributed by atoms with E-state index >= 15 is 0 Å². The number of aromatic nitrogens is 5. The summed E-state index contributed by atoms with van der Waals surface area (Å²) in [6, 6.07) is 1.89. The van der Waals surface area contributed by atoms with Gasteiger partial charge in [-0.1, -0.05) is 13.5 Å². The summed E-state index contributed by atoms with van der Waals surface area (Å²) >= 11 is 0. The highest BCUT2D eigenvalue weighted by molar-refractivity contribution is 5.87. The van der Waals surface area contributed by atoms with Crippen molar-refractivity contribution in [2.75, 3.05) is 25.0 Å². The summed E-state index contributed by atoms with van der Waals surface area (Å²) in [6.07, 6.45) is 6.71. The second-order valence-electron chi connectivity index (χ2n) is 7.12. The monoisotopic (exact) mass is 381 g/mol. The lowest BCUT2D eigenvalue weighted by Crippen LogP contribution is -2.27. The van der Waals surface area contributed by atoms with Crippen molar-refractivity contribution in [3.8, 4) is 5.88 Å². The summed E-state index contributed by atoms with van der Waals surface area (Å²) < 4.78 is 7.78. The number of amides is 1. The molecule has 0 aromatic carbocycles. The zero-order valence-corrected chi connectivity index (χ0v) is 15.9. The molecule has 0 spiro atoms. The fourth-order valence-corrected chi connectivity index (χ4v) is 3.44. The number of aromatic amines is 1. The number of nitrogens with zero attached hydrogens (tertiary/aromatic N) is 5. The van der Waals surface area contributed by atoms with Gasteiger partial charge in [-0.2, -0.15) is 15.1 Å². The van der Waals surface area contributed by atoms with Crippen molar-refractivity contribution in [2.24, 2.45) is 18.9 Å². The second-order valence-corrected chi connectivity index (χ2v) is 7.12. The molecule has 28 heavy (non-hydrogen) atoms. The number of carbonyl (C=O) groups is 1. The molecule has 3 aromatic rings. The van der Waals surface area contributed by atoms with Crippen molar-refractivity contribution in [3.63, 3.8) is 0 Å². The Hall–Kier alpha value is -3.36. The Balaban J connectivity index is 1.51. The van der Waals surface area contributed by atoms with Gasteiger partial charge in [-0.05, 0) is 18.1 Å². The second kappa shape index (κ2) is 7.34. The molecule has 4 rings (SSSR count). The molecular weight excluding hydrogens is 358 g/mol. The zero-order chi connectivity index (χ0) is 19.7. The van der Waals surface area contributed by atoms with E-state index in [0.29, 0.717) is 36.5 Å². The zero-order valence-electron chi connectivity index (χ0n) is 15.9. The third-order valence-electron chi connectivity index (χ3n) is 5.03. The SMILES string of the molecule is C=CC(=O)N1C[C@@H](COc2nc(Nc3cnn(C)c3)nc3[nH]ccc23)[C@H](C)C1. The van der Waals surface area contributed by atoms with E-state index < -0.39 is 0 Å². The molecule has 0 unspecified atom stereocenters. The van der Waals surface area contributed by atoms with Gasteiger partial charge in [0.2, 0.25) is 17.7 Å². The van der Waals surface area contributed by atoms with Crippen LogP contribution in [0.1, 0.15) is 6.92 Å². The molecule has 0 radical (unpaired) electrons. The topological polar surface area (TPSA) is 101 Å². The molecule has 1 amide bonds. The number of likely N-dealkylation sites (tertiary alicyclic amines) is 1. The molecular formula is C19H23N7O2. The molecule has 9 nitrogen and oxygen atoms in total. The third kappa shape index (κ3) is 3.55. The number of rotatable bonds is 6. The number of hydrogen-bond donors (Lipinski definition) is 2. The molecule has 1 aliphatic heterocycles. The van der Waals surface area contributed by atoms with Crippen LogP contribution in [0.2, 0.25) is 0 Å². The van der Waals surface area contributed by atoms with Crippen LogP contribution in [0.4, 0.5) is 11.6 Å². The van der Waals surface area contributed by atoms with Crippen molar-refractivity contribution < 1.29 is 9.53 Å². The van der Waals surface area contributed by atoms with Gasteiger partial charge >= 0.3 is 0 Å². The van der Waals surface area contributed by atoms with Crippen molar-refractivity contribution in [1.82, 2.24) is 29.6 Å². The molecule has 0 saturated carbocycles. The van der Waals surface area contributed by atoms with E-state index in [1.807, 2.05) is 30.4 Å². The van der Waals surface area contributed by atoms with Crippen LogP contribution in [0.15, 0.2) is 37.3 Å². The van der Waals surface area contributed by atoms with Gasteiger partial charge in [0.15, 0.2) is 0 Å². The minimum absolute atomic E-state index is 0.0348. The summed E-state index contributed by atoms with van der Waals surface area (Å²) in [5.41, 5.74) is 1.49. The number of aryl methyl sites for hydroxylation is 1. The summed E-state index contributed by atoms with van der Waals surface area (Å²) in [5.74, 6) is 1.50. The highest BCUT2D eigenvalue weighted by Crippen LogP contribution is 2.28. The van der Waals surface area contributed by atoms with Crippen molar-refractivity contribution in [3.05, 3.63) is 37.3 Å². The minimum Gasteiger partial charge on any atom is -0.477 e. The van der Waals surface area contributed by atoms with Gasteiger partial charge in [0.1, 0.15) is 5.65 Å². The fourth-order valence-electron chi connectivity index (χ4n) is 3.44. The Bertz CT molecular complexity index is 1010. The maximum atomic E-state index is 11.9. The van der Waals surface area contributed by atoms with Gasteiger partial charge in [0, 0.05) is 38.4 Å². The Morgan fingerprint density at radius 2 is 2.32 bits per heavy atom. The van der Waals surface area contributed by atoms with Gasteiger partial charge in [-0.15, -0.1) is 0 Å². The maximum Gasteiger partial charge on any atom is 0.245 e. The van der Waals surface area contributed by atoms with E-state index in [0.717, 1.165) is 17.6 Å². The van der Waals surface area contributed by atoms with Crippen LogP contribution >= 0.6 is 0 Å². The molecule has 3 aromatic heterocycles. The first-order chi connectivity index (χ1) is 13.5. The van der Waals surface area contributed by atoms with Crippen LogP contribution in [0.5, 0.6) is 5.88 Å². The number of carbonyl (C=O) groups excluding carboxylic acids is 1. The third-order valence-corrected chi connectivity index (χ3v) is 5.03. The quantitative estimate of drug-likeness (QED) is 0.634. The Kier molecular flexibility index (Phi) is 4.72. The van der Waals surface area contributed by atoms with Gasteiger partial charge < -0.3 is 19.9 Å². The van der Waals surface area contributed by atoms with E-state index in [1.54, 1.807) is 10.9 Å². The average Bonchev–Trinajstić information content (AvgIpc) is 3.39. The van der Waals surface area contributed by atoms with Gasteiger partial charge in [0.25, 0.3) is 0 Å². The Morgan fingerprint density at radius 1 is 1.46 bits per heavy atom. The summed E-state index contributed by atoms with van der Waals surface area (Å²) in [6.45, 7) is 7.55. The molecule has 2 atom stereocenters. The maximum absolute atomic E-state index is 11.9. The normalized spacial score (nSPS) is 19.1. The Morgan fingerprint density at radius 3 is 3.07 bits per heavy atom. The van der Waals surface area contributed by atoms with E-state index in [9.17, 15) is 4.79 Å². The van der Waals surface area contributed by atoms with Crippen LogP contribution in [0.25, 0.3) is 11.0 Å². The summed E-state index contributed by atoms with van der Waals surface area (Å²) in [5, 5.41) is 8.10. The highest BCUT2D eigenvalue weighted by Gasteiger charge is 2.32. The molecule has 9 heteroatoms. The first-order valence-electron chi connectivity index (χ1n) is 9.18. The number of anilines is 2. The lowest BCUT2D eigenvalue weighted by atomic mass is 9.99. The number of fused-ring (bicyclic) bond motifs is 1. The molecule has 0 aliphatic carbocycles. The molecule has 0 bridgehead atoms. The molecule has 1 aliphatic rings. The van der Waals surface area contributed by atoms with Crippen molar-refractivity contribution >= 4 is 28.6 Å². The summed E-state index contributed by atoms with van der Waals surface area (Å²) in [4.78, 5) is 25.8. The highest BCUT2D eigenvalue weighted by atomic mass is 16.5. The number of nitrogens with one attached hydrogen (secondary N) is 2. The van der Waals surface area contributed by atoms with Crippen molar-refractivity contribution in [2.45, 2.75) is 6.92 Å². The fraction of sp³-hybridized carbons (Fsp3) is 0.368. The first-order valence-corrected chi connectivity index (χ1v) is 9.18. The van der Waals surface area contributed by atoms with E-state index in [4.69, 9.17) is 4.74 Å². The van der Waals surface area contributed by atoms with Crippen LogP contribution < -0.4 is 10.1 Å². The van der Waals surface area contributed by atoms with Crippen LogP contribution in [-0.2, 0) is 11.8 Å². The number of H-pyrrole nitrogens is 1. The lowest BCUT2D eigenvalue weighted by Gasteiger charge is -2.16. The van der Waals surface area contributed by atoms with Crippen LogP contribution in [0.3, 0.4) is 0 Å². The molecule has 1 saturated heterocycles. The predicted molar refractivity (Wildman–Crippen MR) is 105 cm³/mol. The van der Waals surface area contributed by atoms with E-state index in [-0.39, 0.29) is 11.8 Å². The van der Waals surface area contributed by atoms with Gasteiger partial charge in [0.05, 0.1) is 23.9 Å². The largest absolute Gasteiger partial charge is 0.477 e. The average molecular weight is 381 g/mol. The van der Waals surface area contributed by atoms with E-state index in [1.165, 1.54) is 6.08 Å². The molecule has 146 valence electrons. The van der Waals surface area contributed by atoms with E-state index in [2.05, 4.69) is 38.9 Å². The van der Waals surface area contributed by atoms with Crippen LogP contribution in [-0.4, -0.2) is 55.2 Å². The molecule has 4 heterocycles. The number of ether oxygens (including phenoxy) is 1.